The van der Waals surface area contributed by atoms with Crippen molar-refractivity contribution in [2.45, 2.75) is 6.92 Å². The second-order valence-electron chi connectivity index (χ2n) is 6.43. The molecule has 1 N–H and O–H groups in total. The smallest absolute Gasteiger partial charge is 0.134 e. The fourth-order valence-corrected chi connectivity index (χ4v) is 3.04. The molecule has 0 atom stereocenters. The van der Waals surface area contributed by atoms with Crippen LogP contribution < -0.4 is 10.2 Å². The molecular weight excluding hydrogens is 322 g/mol. The van der Waals surface area contributed by atoms with Crippen molar-refractivity contribution in [2.75, 3.05) is 49.5 Å². The Morgan fingerprint density at radius 3 is 2.62 bits per heavy atom. The van der Waals surface area contributed by atoms with Gasteiger partial charge >= 0.3 is 0 Å². The molecule has 0 aliphatic carbocycles. The van der Waals surface area contributed by atoms with E-state index in [4.69, 9.17) is 0 Å². The molecule has 1 saturated heterocycles. The van der Waals surface area contributed by atoms with E-state index in [0.29, 0.717) is 6.54 Å². The molecule has 0 bridgehead atoms. The Kier molecular flexibility index (Phi) is 6.39. The van der Waals surface area contributed by atoms with E-state index in [0.717, 1.165) is 50.2 Å². The number of hydrogen-bond donors (Lipinski definition) is 1. The van der Waals surface area contributed by atoms with E-state index in [2.05, 4.69) is 68.1 Å². The molecule has 5 nitrogen and oxygen atoms in total. The molecule has 2 heterocycles. The van der Waals surface area contributed by atoms with Gasteiger partial charge < -0.3 is 10.2 Å². The van der Waals surface area contributed by atoms with Crippen LogP contribution in [-0.2, 0) is 0 Å². The van der Waals surface area contributed by atoms with Crippen LogP contribution in [0.4, 0.5) is 11.6 Å². The summed E-state index contributed by atoms with van der Waals surface area (Å²) in [5.41, 5.74) is 1.25. The average molecular weight is 349 g/mol. The molecule has 1 aromatic carbocycles. The summed E-state index contributed by atoms with van der Waals surface area (Å²) in [4.78, 5) is 13.9. The van der Waals surface area contributed by atoms with Gasteiger partial charge in [0.15, 0.2) is 0 Å². The van der Waals surface area contributed by atoms with Crippen molar-refractivity contribution in [2.24, 2.45) is 0 Å². The Labute approximate surface area is 156 Å². The van der Waals surface area contributed by atoms with Gasteiger partial charge in [-0.2, -0.15) is 0 Å². The van der Waals surface area contributed by atoms with Crippen molar-refractivity contribution in [3.05, 3.63) is 66.5 Å². The molecule has 5 heteroatoms. The minimum atomic E-state index is 0.706. The Morgan fingerprint density at radius 2 is 1.88 bits per heavy atom. The molecule has 0 amide bonds. The number of hydrogen-bond acceptors (Lipinski definition) is 5. The van der Waals surface area contributed by atoms with Gasteiger partial charge in [0.05, 0.1) is 0 Å². The van der Waals surface area contributed by atoms with E-state index in [-0.39, 0.29) is 0 Å². The van der Waals surface area contributed by atoms with E-state index < -0.39 is 0 Å². The molecule has 0 spiro atoms. The highest BCUT2D eigenvalue weighted by atomic mass is 15.3. The van der Waals surface area contributed by atoms with Crippen LogP contribution in [0.1, 0.15) is 11.4 Å². The Hall–Kier alpha value is -2.66. The van der Waals surface area contributed by atoms with Gasteiger partial charge in [0.2, 0.25) is 0 Å². The summed E-state index contributed by atoms with van der Waals surface area (Å²) in [6, 6.07) is 12.5. The third kappa shape index (κ3) is 5.17. The van der Waals surface area contributed by atoms with E-state index in [1.807, 2.05) is 25.1 Å². The molecule has 0 radical (unpaired) electrons. The standard InChI is InChI=1S/C21H27N5/c1-3-11-22-20-17-21(24-18(2)23-20)26-15-13-25(14-16-26)12-7-10-19-8-5-4-6-9-19/h3-10,17H,1,11-16H2,2H3,(H,22,23,24)/b10-7+. The van der Waals surface area contributed by atoms with Crippen molar-refractivity contribution in [1.82, 2.24) is 14.9 Å². The van der Waals surface area contributed by atoms with Crippen LogP contribution in [0.3, 0.4) is 0 Å². The lowest BCUT2D eigenvalue weighted by molar-refractivity contribution is 0.283. The molecule has 1 fully saturated rings. The molecule has 26 heavy (non-hydrogen) atoms. The summed E-state index contributed by atoms with van der Waals surface area (Å²) >= 11 is 0. The Bertz CT molecular complexity index is 733. The van der Waals surface area contributed by atoms with Gasteiger partial charge in [-0.3, -0.25) is 4.90 Å². The van der Waals surface area contributed by atoms with E-state index in [9.17, 15) is 0 Å². The first-order valence-corrected chi connectivity index (χ1v) is 9.14. The lowest BCUT2D eigenvalue weighted by atomic mass is 10.2. The van der Waals surface area contributed by atoms with Gasteiger partial charge in [-0.15, -0.1) is 6.58 Å². The van der Waals surface area contributed by atoms with E-state index >= 15 is 0 Å². The summed E-state index contributed by atoms with van der Waals surface area (Å²) in [6.45, 7) is 11.4. The van der Waals surface area contributed by atoms with Gasteiger partial charge in [0, 0.05) is 45.3 Å². The van der Waals surface area contributed by atoms with Crippen molar-refractivity contribution in [1.29, 1.82) is 0 Å². The highest BCUT2D eigenvalue weighted by Crippen LogP contribution is 2.17. The fourth-order valence-electron chi connectivity index (χ4n) is 3.04. The predicted molar refractivity (Wildman–Crippen MR) is 110 cm³/mol. The summed E-state index contributed by atoms with van der Waals surface area (Å²) in [7, 11) is 0. The van der Waals surface area contributed by atoms with Crippen LogP contribution in [0.5, 0.6) is 0 Å². The second-order valence-corrected chi connectivity index (χ2v) is 6.43. The Morgan fingerprint density at radius 1 is 1.12 bits per heavy atom. The number of aryl methyl sites for hydroxylation is 1. The third-order valence-electron chi connectivity index (χ3n) is 4.42. The van der Waals surface area contributed by atoms with Crippen LogP contribution in [-0.4, -0.2) is 54.1 Å². The number of piperazine rings is 1. The first-order chi connectivity index (χ1) is 12.7. The average Bonchev–Trinajstić information content (AvgIpc) is 2.67. The van der Waals surface area contributed by atoms with Crippen LogP contribution in [0, 0.1) is 6.92 Å². The van der Waals surface area contributed by atoms with Gasteiger partial charge in [-0.1, -0.05) is 48.6 Å². The number of nitrogens with zero attached hydrogens (tertiary/aromatic N) is 4. The van der Waals surface area contributed by atoms with Gasteiger partial charge in [0.25, 0.3) is 0 Å². The highest BCUT2D eigenvalue weighted by molar-refractivity contribution is 5.50. The zero-order chi connectivity index (χ0) is 18.2. The van der Waals surface area contributed by atoms with Crippen molar-refractivity contribution in [3.63, 3.8) is 0 Å². The summed E-state index contributed by atoms with van der Waals surface area (Å²) in [6.07, 6.45) is 6.27. The molecule has 1 aliphatic rings. The second kappa shape index (κ2) is 9.15. The highest BCUT2D eigenvalue weighted by Gasteiger charge is 2.18. The minimum absolute atomic E-state index is 0.706. The SMILES string of the molecule is C=CCNc1cc(N2CCN(C/C=C/c3ccccc3)CC2)nc(C)n1. The molecule has 1 aliphatic heterocycles. The van der Waals surface area contributed by atoms with E-state index in [1.165, 1.54) is 5.56 Å². The molecule has 0 saturated carbocycles. The predicted octanol–water partition coefficient (Wildman–Crippen LogP) is 3.22. The lowest BCUT2D eigenvalue weighted by Gasteiger charge is -2.35. The molecule has 3 rings (SSSR count). The van der Waals surface area contributed by atoms with Gasteiger partial charge in [-0.25, -0.2) is 9.97 Å². The summed E-state index contributed by atoms with van der Waals surface area (Å²) < 4.78 is 0. The maximum Gasteiger partial charge on any atom is 0.134 e. The third-order valence-corrected chi connectivity index (χ3v) is 4.42. The lowest BCUT2D eigenvalue weighted by Crippen LogP contribution is -2.46. The zero-order valence-corrected chi connectivity index (χ0v) is 15.4. The minimum Gasteiger partial charge on any atom is -0.366 e. The fraction of sp³-hybridized carbons (Fsp3) is 0.333. The topological polar surface area (TPSA) is 44.3 Å². The number of nitrogens with one attached hydrogen (secondary N) is 1. The van der Waals surface area contributed by atoms with Crippen LogP contribution in [0.15, 0.2) is 55.1 Å². The van der Waals surface area contributed by atoms with Gasteiger partial charge in [0.1, 0.15) is 17.5 Å². The zero-order valence-electron chi connectivity index (χ0n) is 15.4. The molecule has 2 aromatic rings. The van der Waals surface area contributed by atoms with E-state index in [1.54, 1.807) is 0 Å². The number of anilines is 2. The molecule has 0 unspecified atom stereocenters. The summed E-state index contributed by atoms with van der Waals surface area (Å²) in [5, 5.41) is 3.25. The number of rotatable bonds is 7. The van der Waals surface area contributed by atoms with Crippen LogP contribution in [0.2, 0.25) is 0 Å². The number of aromatic nitrogens is 2. The largest absolute Gasteiger partial charge is 0.366 e. The van der Waals surface area contributed by atoms with Crippen LogP contribution in [0.25, 0.3) is 6.08 Å². The molecular formula is C21H27N5. The van der Waals surface area contributed by atoms with Crippen molar-refractivity contribution >= 4 is 17.7 Å². The van der Waals surface area contributed by atoms with Crippen molar-refractivity contribution < 1.29 is 0 Å². The molecule has 136 valence electrons. The quantitative estimate of drug-likeness (QED) is 0.778. The molecule has 1 aromatic heterocycles. The van der Waals surface area contributed by atoms with Crippen LogP contribution >= 0.6 is 0 Å². The normalized spacial score (nSPS) is 15.3. The maximum atomic E-state index is 4.61. The van der Waals surface area contributed by atoms with Crippen molar-refractivity contribution in [3.8, 4) is 0 Å². The van der Waals surface area contributed by atoms with Gasteiger partial charge in [-0.05, 0) is 12.5 Å². The summed E-state index contributed by atoms with van der Waals surface area (Å²) in [5.74, 6) is 2.66. The first-order valence-electron chi connectivity index (χ1n) is 9.14. The maximum absolute atomic E-state index is 4.61. The monoisotopic (exact) mass is 349 g/mol. The first kappa shape index (κ1) is 18.1. The Balaban J connectivity index is 1.52. The number of benzene rings is 1.